The Morgan fingerprint density at radius 1 is 0.295 bits per heavy atom. The summed E-state index contributed by atoms with van der Waals surface area (Å²) in [7, 11) is 0. The van der Waals surface area contributed by atoms with Crippen LogP contribution in [0.4, 0.5) is 0 Å². The summed E-state index contributed by atoms with van der Waals surface area (Å²) in [5.41, 5.74) is 29.7. The number of nitrogens with zero attached hydrogens (tertiary/aromatic N) is 2. The monoisotopic (exact) mass is 1120 g/mol. The summed E-state index contributed by atoms with van der Waals surface area (Å²) in [6, 6.07) is 10.1. The predicted molar refractivity (Wildman–Crippen MR) is 349 cm³/mol. The van der Waals surface area contributed by atoms with Gasteiger partial charge in [-0.05, 0) is 148 Å². The van der Waals surface area contributed by atoms with Crippen LogP contribution < -0.4 is 0 Å². The van der Waals surface area contributed by atoms with Crippen molar-refractivity contribution in [2.24, 2.45) is 0 Å². The van der Waals surface area contributed by atoms with Crippen molar-refractivity contribution in [3.8, 4) is 0 Å². The molecule has 0 amide bonds. The van der Waals surface area contributed by atoms with Gasteiger partial charge in [-0.25, -0.2) is 4.70 Å². The van der Waals surface area contributed by atoms with Gasteiger partial charge in [0.25, 0.3) is 0 Å². The second kappa shape index (κ2) is 53.0. The van der Waals surface area contributed by atoms with Gasteiger partial charge < -0.3 is 19.4 Å². The van der Waals surface area contributed by atoms with Crippen LogP contribution in [-0.2, 0) is 55.0 Å². The molecule has 1 heterocycles. The second-order valence-corrected chi connectivity index (χ2v) is 23.7. The number of hydrogen-bond donors (Lipinski definition) is 0. The minimum Gasteiger partial charge on any atom is -0.493 e. The molecule has 0 saturated carbocycles. The van der Waals surface area contributed by atoms with Gasteiger partial charge in [-0.15, -0.1) is 0 Å². The van der Waals surface area contributed by atoms with Crippen molar-refractivity contribution in [2.45, 2.75) is 371 Å². The Hall–Kier alpha value is -1.99. The van der Waals surface area contributed by atoms with Crippen LogP contribution in [0.1, 0.15) is 377 Å². The smallest absolute Gasteiger partial charge is 0.493 e. The number of allylic oxidation sites excluding steroid dienone is 2. The molecule has 2 aromatic carbocycles. The van der Waals surface area contributed by atoms with Gasteiger partial charge in [0, 0.05) is 22.3 Å². The SMILES string of the molecule is CCCCCCc1cc(C2=C(CCCC)C(CCCCC)=C(c3cc(CCCCCC)c(CC)c(CCCCCC)c3)[N+]2=[N-])cc(CCCCCC)c1CC.[CH2-]CCCCCCCCCC.[CH2-]CCCCCCCCCC.[Ni+2]. The summed E-state index contributed by atoms with van der Waals surface area (Å²) in [6.45, 7) is 30.8. The van der Waals surface area contributed by atoms with Crippen molar-refractivity contribution in [1.82, 2.24) is 0 Å². The van der Waals surface area contributed by atoms with Gasteiger partial charge in [0.15, 0.2) is 0 Å². The van der Waals surface area contributed by atoms with Crippen LogP contribution >= 0.6 is 0 Å². The molecule has 0 spiro atoms. The molecule has 0 unspecified atom stereocenters. The van der Waals surface area contributed by atoms with E-state index in [-0.39, 0.29) is 16.5 Å². The van der Waals surface area contributed by atoms with E-state index >= 15 is 0 Å². The maximum Gasteiger partial charge on any atom is 2.00 e. The average molecular weight is 1120 g/mol. The van der Waals surface area contributed by atoms with E-state index in [1.807, 2.05) is 0 Å². The van der Waals surface area contributed by atoms with Crippen LogP contribution in [0.3, 0.4) is 0 Å². The van der Waals surface area contributed by atoms with Gasteiger partial charge in [0.05, 0.1) is 0 Å². The van der Waals surface area contributed by atoms with Crippen molar-refractivity contribution in [1.29, 1.82) is 0 Å². The molecule has 0 radical (unpaired) electrons. The third-order valence-corrected chi connectivity index (χ3v) is 16.7. The molecule has 0 N–H and O–H groups in total. The van der Waals surface area contributed by atoms with Gasteiger partial charge in [-0.2, -0.15) is 12.8 Å². The van der Waals surface area contributed by atoms with Gasteiger partial charge in [-0.3, -0.25) is 0 Å². The van der Waals surface area contributed by atoms with Crippen molar-refractivity contribution in [3.05, 3.63) is 99.3 Å². The van der Waals surface area contributed by atoms with Crippen molar-refractivity contribution in [2.75, 3.05) is 0 Å². The summed E-state index contributed by atoms with van der Waals surface area (Å²) < 4.78 is 1.72. The van der Waals surface area contributed by atoms with E-state index in [0.29, 0.717) is 0 Å². The van der Waals surface area contributed by atoms with Crippen LogP contribution in [-0.4, -0.2) is 4.70 Å². The summed E-state index contributed by atoms with van der Waals surface area (Å²) in [5.74, 6) is 0. The number of benzene rings is 2. The molecule has 2 aromatic rings. The van der Waals surface area contributed by atoms with Crippen molar-refractivity contribution in [3.63, 3.8) is 0 Å². The third-order valence-electron chi connectivity index (χ3n) is 16.7. The van der Waals surface area contributed by atoms with Crippen LogP contribution in [0.5, 0.6) is 0 Å². The van der Waals surface area contributed by atoms with E-state index in [2.05, 4.69) is 107 Å². The zero-order valence-electron chi connectivity index (χ0n) is 54.2. The molecule has 0 aliphatic carbocycles. The molecule has 0 fully saturated rings. The fourth-order valence-electron chi connectivity index (χ4n) is 11.9. The molecule has 0 aromatic heterocycles. The van der Waals surface area contributed by atoms with E-state index in [4.69, 9.17) is 0 Å². The standard InChI is InChI=1S/C53H86N2.2C11H23.Ni/c1-9-17-23-28-32-42-38-46(39-43(48(42)15-7)33-29-24-18-10-2)52-50(36-22-14-6)51(37-27-21-13-5)53(55(52)54)47-40-44(34-30-25-19-11-3)49(16-8)45(41-47)35-31-26-20-12-4;2*1-3-5-7-9-11-10-8-6-4-2;/h38-41H,9-37H2,1-8H3;2*1,3-11H2,2H3;/q;2*-1;+2. The molecule has 1 aliphatic heterocycles. The Morgan fingerprint density at radius 2 is 0.513 bits per heavy atom. The Kier molecular flexibility index (Phi) is 51.7. The first kappa shape index (κ1) is 76.0. The summed E-state index contributed by atoms with van der Waals surface area (Å²) in [5, 5.41) is 0. The number of aryl methyl sites for hydroxylation is 4. The normalized spacial score (nSPS) is 12.3. The largest absolute Gasteiger partial charge is 2.00 e. The summed E-state index contributed by atoms with van der Waals surface area (Å²) in [6.07, 6.45) is 60.1. The maximum atomic E-state index is 12.9. The average Bonchev–Trinajstić information content (AvgIpc) is 3.84. The molecule has 3 rings (SSSR count). The quantitative estimate of drug-likeness (QED) is 0.0273. The minimum atomic E-state index is 0. The van der Waals surface area contributed by atoms with E-state index < -0.39 is 0 Å². The van der Waals surface area contributed by atoms with Gasteiger partial charge >= 0.3 is 16.5 Å². The summed E-state index contributed by atoms with van der Waals surface area (Å²) in [4.78, 5) is 0. The molecular weight excluding hydrogens is 988 g/mol. The van der Waals surface area contributed by atoms with E-state index in [0.717, 1.165) is 88.4 Å². The second-order valence-electron chi connectivity index (χ2n) is 23.7. The molecule has 0 bridgehead atoms. The Labute approximate surface area is 500 Å². The van der Waals surface area contributed by atoms with Crippen LogP contribution in [0.15, 0.2) is 35.4 Å². The van der Waals surface area contributed by atoms with Gasteiger partial charge in [-0.1, -0.05) is 268 Å². The molecule has 1 aliphatic rings. The fourth-order valence-corrected chi connectivity index (χ4v) is 11.9. The first-order chi connectivity index (χ1) is 37.8. The van der Waals surface area contributed by atoms with Gasteiger partial charge in [0.1, 0.15) is 0 Å². The zero-order chi connectivity index (χ0) is 56.6. The van der Waals surface area contributed by atoms with Crippen molar-refractivity contribution >= 4 is 11.4 Å². The van der Waals surface area contributed by atoms with Crippen LogP contribution in [0.2, 0.25) is 0 Å². The molecule has 452 valence electrons. The predicted octanol–water partition coefficient (Wildman–Crippen LogP) is 25.9. The zero-order valence-corrected chi connectivity index (χ0v) is 55.2. The first-order valence-electron chi connectivity index (χ1n) is 34.6. The van der Waals surface area contributed by atoms with E-state index in [1.165, 1.54) is 269 Å². The number of hydrogen-bond acceptors (Lipinski definition) is 0. The maximum absolute atomic E-state index is 12.9. The fraction of sp³-hybridized carbons (Fsp3) is 0.760. The first-order valence-corrected chi connectivity index (χ1v) is 34.6. The Bertz CT molecular complexity index is 1700. The summed E-state index contributed by atoms with van der Waals surface area (Å²) >= 11 is 0. The molecular formula is C75H132N2Ni. The molecule has 0 atom stereocenters. The number of rotatable bonds is 47. The minimum absolute atomic E-state index is 0. The topological polar surface area (TPSA) is 25.3 Å². The molecule has 2 nitrogen and oxygen atoms in total. The van der Waals surface area contributed by atoms with Crippen LogP contribution in [0.25, 0.3) is 16.9 Å². The van der Waals surface area contributed by atoms with E-state index in [1.54, 1.807) is 15.8 Å². The van der Waals surface area contributed by atoms with Crippen LogP contribution in [0, 0.1) is 13.8 Å². The number of unbranched alkanes of at least 4 members (excludes halogenated alkanes) is 31. The van der Waals surface area contributed by atoms with Crippen molar-refractivity contribution < 1.29 is 21.2 Å². The molecule has 0 saturated heterocycles. The molecule has 78 heavy (non-hydrogen) atoms. The third kappa shape index (κ3) is 32.0. The Balaban J connectivity index is 0.00000214. The van der Waals surface area contributed by atoms with Gasteiger partial charge in [0.2, 0.25) is 11.4 Å². The van der Waals surface area contributed by atoms with E-state index in [9.17, 15) is 5.53 Å². The Morgan fingerprint density at radius 3 is 0.769 bits per heavy atom. The molecule has 3 heteroatoms.